The molecule has 0 aliphatic carbocycles. The lowest BCUT2D eigenvalue weighted by atomic mass is 9.88. The average molecular weight is 479 g/mol. The van der Waals surface area contributed by atoms with E-state index >= 15 is 4.39 Å². The fourth-order valence-electron chi connectivity index (χ4n) is 4.88. The summed E-state index contributed by atoms with van der Waals surface area (Å²) in [4.78, 5) is 0. The molecule has 1 nitrogen and oxygen atoms in total. The molecule has 4 rings (SSSR count). The van der Waals surface area contributed by atoms with Crippen LogP contribution in [-0.4, -0.2) is 12.7 Å². The summed E-state index contributed by atoms with van der Waals surface area (Å²) in [5, 5.41) is 0. The predicted molar refractivity (Wildman–Crippen MR) is 137 cm³/mol. The van der Waals surface area contributed by atoms with Crippen LogP contribution in [0.2, 0.25) is 0 Å². The Hall–Kier alpha value is -2.85. The third-order valence-electron chi connectivity index (χ3n) is 6.91. The van der Waals surface area contributed by atoms with E-state index in [1.165, 1.54) is 0 Å². The molecule has 0 bridgehead atoms. The van der Waals surface area contributed by atoms with E-state index in [4.69, 9.17) is 4.74 Å². The Morgan fingerprint density at radius 3 is 2.29 bits per heavy atom. The topological polar surface area (TPSA) is 9.23 Å². The molecule has 2 atom stereocenters. The van der Waals surface area contributed by atoms with Gasteiger partial charge in [0, 0.05) is 11.5 Å². The number of ether oxygens (including phenoxy) is 1. The molecule has 184 valence electrons. The lowest BCUT2D eigenvalue weighted by Gasteiger charge is -2.29. The van der Waals surface area contributed by atoms with Crippen molar-refractivity contribution in [3.8, 4) is 22.3 Å². The number of halogens is 3. The maximum absolute atomic E-state index is 15.1. The largest absolute Gasteiger partial charge is 0.378 e. The van der Waals surface area contributed by atoms with Gasteiger partial charge in [0.15, 0.2) is 11.6 Å². The molecule has 1 aliphatic rings. The Bertz CT molecular complexity index is 1160. The van der Waals surface area contributed by atoms with Gasteiger partial charge in [-0.2, -0.15) is 0 Å². The van der Waals surface area contributed by atoms with Gasteiger partial charge in [0.1, 0.15) is 5.82 Å². The van der Waals surface area contributed by atoms with E-state index < -0.39 is 11.6 Å². The van der Waals surface area contributed by atoms with Crippen molar-refractivity contribution < 1.29 is 17.9 Å². The van der Waals surface area contributed by atoms with Crippen LogP contribution in [0.15, 0.2) is 66.7 Å². The molecule has 1 saturated heterocycles. The van der Waals surface area contributed by atoms with Crippen molar-refractivity contribution >= 4 is 0 Å². The highest BCUT2D eigenvalue weighted by molar-refractivity contribution is 5.71. The summed E-state index contributed by atoms with van der Waals surface area (Å²) in [5.74, 6) is -1.76. The fraction of sp³-hybridized carbons (Fsp3) is 0.355. The minimum absolute atomic E-state index is 0.0675. The molecule has 0 radical (unpaired) electrons. The van der Waals surface area contributed by atoms with Crippen LogP contribution in [-0.2, 0) is 11.2 Å². The van der Waals surface area contributed by atoms with Crippen molar-refractivity contribution in [2.45, 2.75) is 64.4 Å². The van der Waals surface area contributed by atoms with Gasteiger partial charge in [-0.15, -0.1) is 0 Å². The van der Waals surface area contributed by atoms with Gasteiger partial charge in [-0.1, -0.05) is 74.0 Å². The standard InChI is InChI=1S/C31H33F3O/c1-3-5-6-8-26-16-13-25(20-35-26)27-17-15-24(19-29(27)32)21-9-11-22(12-10-21)28-18-14-23(7-4-2)30(33)31(28)34/h3,5,9-12,14-15,17-19,25-26H,4,6-8,13,16,20H2,1-2H3. The van der Waals surface area contributed by atoms with Crippen molar-refractivity contribution in [2.24, 2.45) is 0 Å². The zero-order valence-electron chi connectivity index (χ0n) is 20.5. The zero-order chi connectivity index (χ0) is 24.8. The second-order valence-electron chi connectivity index (χ2n) is 9.34. The molecule has 2 unspecified atom stereocenters. The molecule has 1 aliphatic heterocycles. The van der Waals surface area contributed by atoms with Gasteiger partial charge in [-0.25, -0.2) is 13.2 Å². The van der Waals surface area contributed by atoms with Crippen LogP contribution in [0.3, 0.4) is 0 Å². The van der Waals surface area contributed by atoms with E-state index in [9.17, 15) is 8.78 Å². The predicted octanol–water partition coefficient (Wildman–Crippen LogP) is 9.01. The third kappa shape index (κ3) is 5.87. The monoisotopic (exact) mass is 478 g/mol. The highest BCUT2D eigenvalue weighted by Gasteiger charge is 2.24. The third-order valence-corrected chi connectivity index (χ3v) is 6.91. The number of rotatable bonds is 8. The molecule has 0 aromatic heterocycles. The normalized spacial score (nSPS) is 18.3. The highest BCUT2D eigenvalue weighted by atomic mass is 19.2. The molecule has 0 amide bonds. The SMILES string of the molecule is CC=CCCC1CCC(c2ccc(-c3ccc(-c4ccc(CCC)c(F)c4F)cc3)cc2F)CO1. The maximum Gasteiger partial charge on any atom is 0.166 e. The lowest BCUT2D eigenvalue weighted by molar-refractivity contribution is -0.000797. The molecule has 1 heterocycles. The second kappa shape index (κ2) is 11.7. The van der Waals surface area contributed by atoms with Crippen LogP contribution in [0.4, 0.5) is 13.2 Å². The van der Waals surface area contributed by atoms with Gasteiger partial charge < -0.3 is 4.74 Å². The minimum Gasteiger partial charge on any atom is -0.378 e. The molecule has 35 heavy (non-hydrogen) atoms. The van der Waals surface area contributed by atoms with Crippen molar-refractivity contribution in [1.82, 2.24) is 0 Å². The highest BCUT2D eigenvalue weighted by Crippen LogP contribution is 2.34. The van der Waals surface area contributed by atoms with Gasteiger partial charge in [-0.05, 0) is 72.9 Å². The number of hydrogen-bond acceptors (Lipinski definition) is 1. The first kappa shape index (κ1) is 25.2. The molecule has 0 N–H and O–H groups in total. The summed E-state index contributed by atoms with van der Waals surface area (Å²) < 4.78 is 50.1. The van der Waals surface area contributed by atoms with Crippen LogP contribution in [0.1, 0.15) is 63.0 Å². The van der Waals surface area contributed by atoms with E-state index in [1.807, 2.05) is 38.1 Å². The average Bonchev–Trinajstić information content (AvgIpc) is 2.88. The first-order valence-electron chi connectivity index (χ1n) is 12.6. The molecular formula is C31H33F3O. The van der Waals surface area contributed by atoms with Crippen LogP contribution in [0, 0.1) is 17.5 Å². The molecule has 3 aromatic carbocycles. The smallest absolute Gasteiger partial charge is 0.166 e. The Balaban J connectivity index is 1.45. The molecule has 3 aromatic rings. The number of benzene rings is 3. The van der Waals surface area contributed by atoms with Crippen LogP contribution in [0.5, 0.6) is 0 Å². The van der Waals surface area contributed by atoms with Crippen LogP contribution >= 0.6 is 0 Å². The van der Waals surface area contributed by atoms with E-state index in [-0.39, 0.29) is 23.4 Å². The quantitative estimate of drug-likeness (QED) is 0.294. The summed E-state index contributed by atoms with van der Waals surface area (Å²) >= 11 is 0. The van der Waals surface area contributed by atoms with Crippen molar-refractivity contribution in [3.05, 3.63) is 95.3 Å². The van der Waals surface area contributed by atoms with Crippen molar-refractivity contribution in [2.75, 3.05) is 6.61 Å². The molecule has 1 fully saturated rings. The number of aryl methyl sites for hydroxylation is 1. The number of hydrogen-bond donors (Lipinski definition) is 0. The zero-order valence-corrected chi connectivity index (χ0v) is 20.5. The Morgan fingerprint density at radius 2 is 1.63 bits per heavy atom. The Kier molecular flexibility index (Phi) is 8.46. The van der Waals surface area contributed by atoms with E-state index in [2.05, 4.69) is 12.2 Å². The molecule has 0 saturated carbocycles. The number of allylic oxidation sites excluding steroid dienone is 2. The summed E-state index contributed by atoms with van der Waals surface area (Å²) in [6.07, 6.45) is 9.61. The Labute approximate surface area is 206 Å². The van der Waals surface area contributed by atoms with Gasteiger partial charge in [-0.3, -0.25) is 0 Å². The Morgan fingerprint density at radius 1 is 0.886 bits per heavy atom. The van der Waals surface area contributed by atoms with Crippen LogP contribution < -0.4 is 0 Å². The molecule has 4 heteroatoms. The molecule has 0 spiro atoms. The maximum atomic E-state index is 15.1. The summed E-state index contributed by atoms with van der Waals surface area (Å²) in [7, 11) is 0. The lowest BCUT2D eigenvalue weighted by Crippen LogP contribution is -2.25. The summed E-state index contributed by atoms with van der Waals surface area (Å²) in [5.41, 5.74) is 3.50. The van der Waals surface area contributed by atoms with Crippen molar-refractivity contribution in [1.29, 1.82) is 0 Å². The minimum atomic E-state index is -0.821. The van der Waals surface area contributed by atoms with Crippen LogP contribution in [0.25, 0.3) is 22.3 Å². The van der Waals surface area contributed by atoms with Gasteiger partial charge in [0.25, 0.3) is 0 Å². The van der Waals surface area contributed by atoms with Gasteiger partial charge in [0.05, 0.1) is 12.7 Å². The van der Waals surface area contributed by atoms with E-state index in [1.54, 1.807) is 30.3 Å². The van der Waals surface area contributed by atoms with E-state index in [0.29, 0.717) is 29.7 Å². The second-order valence-corrected chi connectivity index (χ2v) is 9.34. The summed E-state index contributed by atoms with van der Waals surface area (Å²) in [6.45, 7) is 4.50. The van der Waals surface area contributed by atoms with E-state index in [0.717, 1.165) is 43.2 Å². The fourth-order valence-corrected chi connectivity index (χ4v) is 4.88. The van der Waals surface area contributed by atoms with Gasteiger partial charge >= 0.3 is 0 Å². The van der Waals surface area contributed by atoms with Crippen molar-refractivity contribution in [3.63, 3.8) is 0 Å². The first-order chi connectivity index (χ1) is 17.0. The molecular weight excluding hydrogens is 445 g/mol. The summed E-state index contributed by atoms with van der Waals surface area (Å²) in [6, 6.07) is 15.8. The van der Waals surface area contributed by atoms with Gasteiger partial charge in [0.2, 0.25) is 0 Å². The first-order valence-corrected chi connectivity index (χ1v) is 12.6.